The maximum atomic E-state index is 12.8. The molecular weight excluding hydrogens is 390 g/mol. The number of nitrogens with zero attached hydrogens (tertiary/aromatic N) is 2. The standard InChI is InChI=1S/C21H21N3O4S/c1-23-9-2-10-24(12-11-23)20(26)15-5-3-14(4-6-15)17-8-7-16(28-17)13-18-19(25)22-21(27)29-18/h3-8,13H,2,9-12H2,1H3,(H,22,25,27)/b18-13+. The third-order valence-corrected chi connectivity index (χ3v) is 5.78. The summed E-state index contributed by atoms with van der Waals surface area (Å²) in [4.78, 5) is 40.1. The van der Waals surface area contributed by atoms with Crippen molar-refractivity contribution >= 4 is 34.9 Å². The van der Waals surface area contributed by atoms with Gasteiger partial charge in [-0.15, -0.1) is 0 Å². The van der Waals surface area contributed by atoms with Crippen molar-refractivity contribution < 1.29 is 18.8 Å². The van der Waals surface area contributed by atoms with E-state index in [9.17, 15) is 14.4 Å². The predicted octanol–water partition coefficient (Wildman–Crippen LogP) is 3.05. The third-order valence-electron chi connectivity index (χ3n) is 4.97. The Kier molecular flexibility index (Phi) is 5.55. The molecule has 8 heteroatoms. The summed E-state index contributed by atoms with van der Waals surface area (Å²) in [7, 11) is 2.08. The molecular formula is C21H21N3O4S. The predicted molar refractivity (Wildman–Crippen MR) is 111 cm³/mol. The minimum Gasteiger partial charge on any atom is -0.457 e. The van der Waals surface area contributed by atoms with Crippen molar-refractivity contribution in [1.82, 2.24) is 15.1 Å². The normalized spacial score (nSPS) is 19.5. The molecule has 2 aliphatic heterocycles. The van der Waals surface area contributed by atoms with E-state index in [-0.39, 0.29) is 11.1 Å². The van der Waals surface area contributed by atoms with Crippen LogP contribution in [0, 0.1) is 0 Å². The molecule has 2 aromatic rings. The average Bonchev–Trinajstić information content (AvgIpc) is 3.23. The topological polar surface area (TPSA) is 82.9 Å². The fourth-order valence-electron chi connectivity index (χ4n) is 3.35. The molecule has 3 heterocycles. The van der Waals surface area contributed by atoms with Gasteiger partial charge in [0.2, 0.25) is 0 Å². The Hall–Kier alpha value is -2.84. The summed E-state index contributed by atoms with van der Waals surface area (Å²) in [5.74, 6) is 0.745. The minimum atomic E-state index is -0.416. The van der Waals surface area contributed by atoms with Crippen LogP contribution in [-0.4, -0.2) is 60.1 Å². The van der Waals surface area contributed by atoms with Gasteiger partial charge in [0.05, 0.1) is 4.91 Å². The van der Waals surface area contributed by atoms with E-state index >= 15 is 0 Å². The molecule has 29 heavy (non-hydrogen) atoms. The Balaban J connectivity index is 1.46. The Morgan fingerprint density at radius 3 is 2.59 bits per heavy atom. The van der Waals surface area contributed by atoms with E-state index in [1.54, 1.807) is 18.2 Å². The Bertz CT molecular complexity index is 980. The Labute approximate surface area is 172 Å². The van der Waals surface area contributed by atoms with Gasteiger partial charge in [0, 0.05) is 36.8 Å². The molecule has 3 amide bonds. The molecule has 0 saturated carbocycles. The molecule has 7 nitrogen and oxygen atoms in total. The van der Waals surface area contributed by atoms with E-state index in [1.807, 2.05) is 29.2 Å². The fourth-order valence-corrected chi connectivity index (χ4v) is 4.01. The van der Waals surface area contributed by atoms with E-state index in [1.165, 1.54) is 0 Å². The number of nitrogens with one attached hydrogen (secondary N) is 1. The highest BCUT2D eigenvalue weighted by molar-refractivity contribution is 8.18. The molecule has 1 aromatic carbocycles. The van der Waals surface area contributed by atoms with E-state index in [2.05, 4.69) is 17.3 Å². The fraction of sp³-hybridized carbons (Fsp3) is 0.286. The van der Waals surface area contributed by atoms with Crippen LogP contribution in [0.5, 0.6) is 0 Å². The van der Waals surface area contributed by atoms with Gasteiger partial charge in [-0.3, -0.25) is 19.7 Å². The zero-order valence-electron chi connectivity index (χ0n) is 16.0. The summed E-state index contributed by atoms with van der Waals surface area (Å²) in [6.45, 7) is 3.40. The van der Waals surface area contributed by atoms with Gasteiger partial charge in [-0.25, -0.2) is 0 Å². The molecule has 4 rings (SSSR count). The van der Waals surface area contributed by atoms with Gasteiger partial charge in [0.1, 0.15) is 11.5 Å². The molecule has 0 unspecified atom stereocenters. The number of rotatable bonds is 3. The molecule has 0 aliphatic carbocycles. The number of carbonyl (C=O) groups is 3. The van der Waals surface area contributed by atoms with Crippen molar-refractivity contribution in [1.29, 1.82) is 0 Å². The smallest absolute Gasteiger partial charge is 0.290 e. The first kappa shape index (κ1) is 19.5. The highest BCUT2D eigenvalue weighted by Gasteiger charge is 2.25. The van der Waals surface area contributed by atoms with Crippen molar-refractivity contribution in [3.05, 3.63) is 52.6 Å². The molecule has 1 N–H and O–H groups in total. The van der Waals surface area contributed by atoms with Gasteiger partial charge in [0.25, 0.3) is 17.1 Å². The number of imide groups is 1. The van der Waals surface area contributed by atoms with Gasteiger partial charge in [-0.1, -0.05) is 12.1 Å². The van der Waals surface area contributed by atoms with Crippen LogP contribution in [0.15, 0.2) is 45.7 Å². The molecule has 0 radical (unpaired) electrons. The summed E-state index contributed by atoms with van der Waals surface area (Å²) >= 11 is 0.850. The quantitative estimate of drug-likeness (QED) is 0.782. The Morgan fingerprint density at radius 2 is 1.86 bits per heavy atom. The first-order valence-corrected chi connectivity index (χ1v) is 10.2. The van der Waals surface area contributed by atoms with Crippen LogP contribution >= 0.6 is 11.8 Å². The maximum Gasteiger partial charge on any atom is 0.290 e. The molecule has 0 atom stereocenters. The summed E-state index contributed by atoms with van der Waals surface area (Å²) in [5.41, 5.74) is 1.49. The van der Waals surface area contributed by atoms with Crippen molar-refractivity contribution in [3.8, 4) is 11.3 Å². The van der Waals surface area contributed by atoms with E-state index in [4.69, 9.17) is 4.42 Å². The van der Waals surface area contributed by atoms with Crippen LogP contribution in [0.3, 0.4) is 0 Å². The first-order chi connectivity index (χ1) is 14.0. The number of hydrogen-bond acceptors (Lipinski definition) is 6. The highest BCUT2D eigenvalue weighted by Crippen LogP contribution is 2.28. The zero-order valence-corrected chi connectivity index (χ0v) is 16.8. The summed E-state index contributed by atoms with van der Waals surface area (Å²) < 4.78 is 5.78. The van der Waals surface area contributed by atoms with Crippen LogP contribution in [0.2, 0.25) is 0 Å². The zero-order chi connectivity index (χ0) is 20.4. The molecule has 2 saturated heterocycles. The molecule has 150 valence electrons. The third kappa shape index (κ3) is 4.44. The van der Waals surface area contributed by atoms with Crippen molar-refractivity contribution in [2.45, 2.75) is 6.42 Å². The molecule has 2 fully saturated rings. The molecule has 0 bridgehead atoms. The second-order valence-corrected chi connectivity index (χ2v) is 8.10. The highest BCUT2D eigenvalue weighted by atomic mass is 32.2. The lowest BCUT2D eigenvalue weighted by atomic mass is 10.1. The number of thioether (sulfide) groups is 1. The van der Waals surface area contributed by atoms with E-state index in [0.29, 0.717) is 22.0 Å². The maximum absolute atomic E-state index is 12.8. The lowest BCUT2D eigenvalue weighted by Crippen LogP contribution is -2.34. The van der Waals surface area contributed by atoms with Crippen molar-refractivity contribution in [2.75, 3.05) is 33.2 Å². The van der Waals surface area contributed by atoms with Crippen LogP contribution in [-0.2, 0) is 4.79 Å². The largest absolute Gasteiger partial charge is 0.457 e. The lowest BCUT2D eigenvalue weighted by molar-refractivity contribution is -0.115. The van der Waals surface area contributed by atoms with Gasteiger partial charge in [0.15, 0.2) is 0 Å². The summed E-state index contributed by atoms with van der Waals surface area (Å²) in [6.07, 6.45) is 2.52. The van der Waals surface area contributed by atoms with Crippen LogP contribution in [0.1, 0.15) is 22.5 Å². The molecule has 0 spiro atoms. The van der Waals surface area contributed by atoms with E-state index < -0.39 is 5.91 Å². The van der Waals surface area contributed by atoms with Crippen LogP contribution in [0.4, 0.5) is 4.79 Å². The second-order valence-electron chi connectivity index (χ2n) is 7.08. The van der Waals surface area contributed by atoms with Gasteiger partial charge < -0.3 is 14.2 Å². The summed E-state index contributed by atoms with van der Waals surface area (Å²) in [5, 5.41) is 1.83. The monoisotopic (exact) mass is 411 g/mol. The first-order valence-electron chi connectivity index (χ1n) is 9.42. The van der Waals surface area contributed by atoms with Crippen LogP contribution in [0.25, 0.3) is 17.4 Å². The number of benzene rings is 1. The molecule has 2 aliphatic rings. The van der Waals surface area contributed by atoms with Crippen molar-refractivity contribution in [2.24, 2.45) is 0 Å². The average molecular weight is 411 g/mol. The number of likely N-dealkylation sites (N-methyl/N-ethyl adjacent to an activating group) is 1. The van der Waals surface area contributed by atoms with E-state index in [0.717, 1.165) is 49.9 Å². The van der Waals surface area contributed by atoms with Gasteiger partial charge >= 0.3 is 0 Å². The Morgan fingerprint density at radius 1 is 1.07 bits per heavy atom. The second kappa shape index (κ2) is 8.26. The number of furan rings is 1. The van der Waals surface area contributed by atoms with Crippen LogP contribution < -0.4 is 5.32 Å². The number of hydrogen-bond donors (Lipinski definition) is 1. The number of carbonyl (C=O) groups excluding carboxylic acids is 3. The van der Waals surface area contributed by atoms with Crippen molar-refractivity contribution in [3.63, 3.8) is 0 Å². The SMILES string of the molecule is CN1CCCN(C(=O)c2ccc(-c3ccc(/C=C4/SC(=O)NC4=O)o3)cc2)CC1. The van der Waals surface area contributed by atoms with Gasteiger partial charge in [-0.2, -0.15) is 0 Å². The minimum absolute atomic E-state index is 0.0469. The summed E-state index contributed by atoms with van der Waals surface area (Å²) in [6, 6.07) is 10.9. The van der Waals surface area contributed by atoms with Gasteiger partial charge in [-0.05, 0) is 56.0 Å². The number of amides is 3. The molecule has 1 aromatic heterocycles. The lowest BCUT2D eigenvalue weighted by Gasteiger charge is -2.20.